The summed E-state index contributed by atoms with van der Waals surface area (Å²) in [6.07, 6.45) is 1.25. The number of fused-ring (bicyclic) bond motifs is 1. The van der Waals surface area contributed by atoms with E-state index in [4.69, 9.17) is 9.26 Å². The Morgan fingerprint density at radius 2 is 1.83 bits per heavy atom. The molecule has 0 radical (unpaired) electrons. The van der Waals surface area contributed by atoms with Crippen molar-refractivity contribution in [3.8, 4) is 0 Å². The van der Waals surface area contributed by atoms with Crippen molar-refractivity contribution < 1.29 is 18.8 Å². The van der Waals surface area contributed by atoms with Crippen molar-refractivity contribution in [1.29, 1.82) is 0 Å². The average molecular weight is 408 g/mol. The molecule has 2 amide bonds. The summed E-state index contributed by atoms with van der Waals surface area (Å²) in [5, 5.41) is 10.3. The van der Waals surface area contributed by atoms with Gasteiger partial charge >= 0.3 is 0 Å². The number of amides is 2. The Morgan fingerprint density at radius 1 is 1.13 bits per heavy atom. The van der Waals surface area contributed by atoms with E-state index in [1.54, 1.807) is 37.3 Å². The van der Waals surface area contributed by atoms with Crippen molar-refractivity contribution in [2.75, 3.05) is 17.2 Å². The minimum Gasteiger partial charge on any atom is -0.368 e. The van der Waals surface area contributed by atoms with Crippen molar-refractivity contribution in [2.24, 2.45) is 0 Å². The molecule has 1 fully saturated rings. The van der Waals surface area contributed by atoms with Crippen LogP contribution in [0.5, 0.6) is 0 Å². The highest BCUT2D eigenvalue weighted by Crippen LogP contribution is 2.26. The molecule has 1 aliphatic heterocycles. The second-order valence-corrected chi connectivity index (χ2v) is 7.72. The van der Waals surface area contributed by atoms with Crippen LogP contribution in [0, 0.1) is 6.92 Å². The SMILES string of the molecule is Cc1noc2nc(C(C)C)cc(C(=O)Nc3ccc(NC(=O)C4CCCO4)cc3)c12. The number of hydrogen-bond acceptors (Lipinski definition) is 6. The molecule has 3 aromatic rings. The quantitative estimate of drug-likeness (QED) is 0.660. The molecule has 2 N–H and O–H groups in total. The van der Waals surface area contributed by atoms with Gasteiger partial charge in [0.25, 0.3) is 17.5 Å². The zero-order valence-corrected chi connectivity index (χ0v) is 17.2. The maximum absolute atomic E-state index is 13.0. The van der Waals surface area contributed by atoms with Gasteiger partial charge in [0.15, 0.2) is 0 Å². The summed E-state index contributed by atoms with van der Waals surface area (Å²) in [5.74, 6) is -0.280. The first kappa shape index (κ1) is 20.0. The minimum absolute atomic E-state index is 0.137. The van der Waals surface area contributed by atoms with Gasteiger partial charge in [0, 0.05) is 23.7 Å². The van der Waals surface area contributed by atoms with Crippen molar-refractivity contribution in [2.45, 2.75) is 45.6 Å². The largest absolute Gasteiger partial charge is 0.368 e. The normalized spacial score (nSPS) is 16.2. The third-order valence-corrected chi connectivity index (χ3v) is 5.11. The standard InChI is InChI=1S/C22H24N4O4/c1-12(2)17-11-16(19-13(3)26-30-22(19)25-17)20(27)23-14-6-8-15(9-7-14)24-21(28)18-5-4-10-29-18/h6-9,11-12,18H,4-5,10H2,1-3H3,(H,23,27)(H,24,28). The number of aryl methyl sites for hydroxylation is 1. The number of aromatic nitrogens is 2. The molecular weight excluding hydrogens is 384 g/mol. The van der Waals surface area contributed by atoms with E-state index in [0.717, 1.165) is 18.5 Å². The molecule has 2 aromatic heterocycles. The van der Waals surface area contributed by atoms with Crippen LogP contribution < -0.4 is 10.6 Å². The van der Waals surface area contributed by atoms with Gasteiger partial charge in [-0.1, -0.05) is 19.0 Å². The van der Waals surface area contributed by atoms with E-state index in [9.17, 15) is 9.59 Å². The van der Waals surface area contributed by atoms with Gasteiger partial charge in [-0.3, -0.25) is 9.59 Å². The summed E-state index contributed by atoms with van der Waals surface area (Å²) in [6, 6.07) is 8.75. The van der Waals surface area contributed by atoms with Crippen LogP contribution in [-0.4, -0.2) is 34.7 Å². The summed E-state index contributed by atoms with van der Waals surface area (Å²) in [4.78, 5) is 29.6. The van der Waals surface area contributed by atoms with Crippen LogP contribution >= 0.6 is 0 Å². The lowest BCUT2D eigenvalue weighted by Gasteiger charge is -2.12. The average Bonchev–Trinajstić information content (AvgIpc) is 3.39. The van der Waals surface area contributed by atoms with Gasteiger partial charge in [0.2, 0.25) is 0 Å². The van der Waals surface area contributed by atoms with E-state index in [-0.39, 0.29) is 23.8 Å². The van der Waals surface area contributed by atoms with E-state index in [1.165, 1.54) is 0 Å². The van der Waals surface area contributed by atoms with Gasteiger partial charge in [0.1, 0.15) is 6.10 Å². The Hall–Kier alpha value is -3.26. The highest BCUT2D eigenvalue weighted by atomic mass is 16.5. The molecule has 1 aromatic carbocycles. The molecule has 0 bridgehead atoms. The van der Waals surface area contributed by atoms with Crippen molar-refractivity contribution in [3.63, 3.8) is 0 Å². The van der Waals surface area contributed by atoms with E-state index < -0.39 is 0 Å². The predicted octanol–water partition coefficient (Wildman–Crippen LogP) is 4.02. The lowest BCUT2D eigenvalue weighted by atomic mass is 10.0. The number of benzene rings is 1. The van der Waals surface area contributed by atoms with Crippen LogP contribution in [0.2, 0.25) is 0 Å². The van der Waals surface area contributed by atoms with Crippen LogP contribution in [0.25, 0.3) is 11.1 Å². The van der Waals surface area contributed by atoms with Crippen LogP contribution in [0.4, 0.5) is 11.4 Å². The molecule has 4 rings (SSSR count). The highest BCUT2D eigenvalue weighted by molar-refractivity contribution is 6.12. The van der Waals surface area contributed by atoms with E-state index in [0.29, 0.717) is 40.3 Å². The van der Waals surface area contributed by atoms with Gasteiger partial charge in [-0.2, -0.15) is 0 Å². The molecule has 0 aliphatic carbocycles. The molecule has 1 unspecified atom stereocenters. The Balaban J connectivity index is 1.51. The number of anilines is 2. The third kappa shape index (κ3) is 4.04. The van der Waals surface area contributed by atoms with Crippen LogP contribution in [-0.2, 0) is 9.53 Å². The monoisotopic (exact) mass is 408 g/mol. The lowest BCUT2D eigenvalue weighted by Crippen LogP contribution is -2.26. The number of nitrogens with zero attached hydrogens (tertiary/aromatic N) is 2. The maximum Gasteiger partial charge on any atom is 0.259 e. The lowest BCUT2D eigenvalue weighted by molar-refractivity contribution is -0.124. The molecule has 0 spiro atoms. The molecular formula is C22H24N4O4. The second kappa shape index (κ2) is 8.23. The first-order valence-corrected chi connectivity index (χ1v) is 10.0. The van der Waals surface area contributed by atoms with Crippen molar-refractivity contribution >= 4 is 34.3 Å². The predicted molar refractivity (Wildman–Crippen MR) is 113 cm³/mol. The molecule has 0 saturated carbocycles. The molecule has 156 valence electrons. The molecule has 8 heteroatoms. The number of ether oxygens (including phenoxy) is 1. The molecule has 3 heterocycles. The van der Waals surface area contributed by atoms with Gasteiger partial charge in [-0.05, 0) is 56.0 Å². The van der Waals surface area contributed by atoms with Gasteiger partial charge < -0.3 is 19.9 Å². The fourth-order valence-electron chi connectivity index (χ4n) is 3.43. The van der Waals surface area contributed by atoms with E-state index >= 15 is 0 Å². The number of pyridine rings is 1. The summed E-state index contributed by atoms with van der Waals surface area (Å²) in [5.41, 5.74) is 3.47. The molecule has 8 nitrogen and oxygen atoms in total. The van der Waals surface area contributed by atoms with Crippen LogP contribution in [0.3, 0.4) is 0 Å². The third-order valence-electron chi connectivity index (χ3n) is 5.11. The van der Waals surface area contributed by atoms with Crippen molar-refractivity contribution in [1.82, 2.24) is 10.1 Å². The molecule has 1 atom stereocenters. The summed E-state index contributed by atoms with van der Waals surface area (Å²) in [7, 11) is 0. The molecule has 1 aliphatic rings. The summed E-state index contributed by atoms with van der Waals surface area (Å²) >= 11 is 0. The molecule has 30 heavy (non-hydrogen) atoms. The first-order valence-electron chi connectivity index (χ1n) is 10.0. The zero-order valence-electron chi connectivity index (χ0n) is 17.2. The topological polar surface area (TPSA) is 106 Å². The van der Waals surface area contributed by atoms with E-state index in [1.807, 2.05) is 13.8 Å². The van der Waals surface area contributed by atoms with Gasteiger partial charge in [-0.25, -0.2) is 4.98 Å². The van der Waals surface area contributed by atoms with Crippen molar-refractivity contribution in [3.05, 3.63) is 47.3 Å². The van der Waals surface area contributed by atoms with Gasteiger partial charge in [-0.15, -0.1) is 0 Å². The number of nitrogens with one attached hydrogen (secondary N) is 2. The van der Waals surface area contributed by atoms with Gasteiger partial charge in [0.05, 0.1) is 16.6 Å². The van der Waals surface area contributed by atoms with Crippen LogP contribution in [0.1, 0.15) is 54.4 Å². The van der Waals surface area contributed by atoms with Crippen LogP contribution in [0.15, 0.2) is 34.9 Å². The first-order chi connectivity index (χ1) is 14.4. The highest BCUT2D eigenvalue weighted by Gasteiger charge is 2.23. The second-order valence-electron chi connectivity index (χ2n) is 7.72. The number of hydrogen-bond donors (Lipinski definition) is 2. The Kier molecular flexibility index (Phi) is 5.50. The number of carbonyl (C=O) groups is 2. The Morgan fingerprint density at radius 3 is 2.47 bits per heavy atom. The Labute approximate surface area is 174 Å². The Bertz CT molecular complexity index is 1080. The van der Waals surface area contributed by atoms with E-state index in [2.05, 4.69) is 20.8 Å². The maximum atomic E-state index is 13.0. The minimum atomic E-state index is -0.388. The molecule has 1 saturated heterocycles. The fraction of sp³-hybridized carbons (Fsp3) is 0.364. The smallest absolute Gasteiger partial charge is 0.259 e. The zero-order chi connectivity index (χ0) is 21.3. The number of carbonyl (C=O) groups excluding carboxylic acids is 2. The fourth-order valence-corrected chi connectivity index (χ4v) is 3.43. The number of rotatable bonds is 5. The summed E-state index contributed by atoms with van der Waals surface area (Å²) in [6.45, 7) is 6.41. The summed E-state index contributed by atoms with van der Waals surface area (Å²) < 4.78 is 10.7.